The summed E-state index contributed by atoms with van der Waals surface area (Å²) in [6.45, 7) is 0.331. The van der Waals surface area contributed by atoms with Gasteiger partial charge in [0.05, 0.1) is 0 Å². The number of benzene rings is 3. The first kappa shape index (κ1) is 26.2. The molecule has 4 amide bonds. The number of halogens is 1. The van der Waals surface area contributed by atoms with Gasteiger partial charge in [-0.3, -0.25) is 30.0 Å². The third kappa shape index (κ3) is 8.14. The van der Waals surface area contributed by atoms with Crippen LogP contribution in [-0.4, -0.2) is 29.7 Å². The maximum Gasteiger partial charge on any atom is 0.269 e. The van der Waals surface area contributed by atoms with Crippen LogP contribution in [0.3, 0.4) is 0 Å². The smallest absolute Gasteiger partial charge is 0.269 e. The molecule has 3 rings (SSSR count). The molecule has 0 radical (unpaired) electrons. The molecule has 0 saturated carbocycles. The van der Waals surface area contributed by atoms with Gasteiger partial charge in [-0.2, -0.15) is 0 Å². The largest absolute Gasteiger partial charge is 0.489 e. The lowest BCUT2D eigenvalue weighted by Gasteiger charge is -2.18. The third-order valence-electron chi connectivity index (χ3n) is 5.07. The first-order chi connectivity index (χ1) is 17.3. The van der Waals surface area contributed by atoms with Crippen LogP contribution in [0.15, 0.2) is 78.9 Å². The molecule has 186 valence electrons. The summed E-state index contributed by atoms with van der Waals surface area (Å²) in [7, 11) is 0. The summed E-state index contributed by atoms with van der Waals surface area (Å²) in [4.78, 5) is 48.8. The number of rotatable bonds is 10. The minimum absolute atomic E-state index is 0.0491. The quantitative estimate of drug-likeness (QED) is 0.312. The van der Waals surface area contributed by atoms with Gasteiger partial charge in [0, 0.05) is 22.6 Å². The Balaban J connectivity index is 1.54. The highest BCUT2D eigenvalue weighted by Crippen LogP contribution is 2.13. The number of carbonyl (C=O) groups is 4. The second-order valence-corrected chi connectivity index (χ2v) is 8.22. The van der Waals surface area contributed by atoms with Crippen LogP contribution in [0.2, 0.25) is 5.02 Å². The van der Waals surface area contributed by atoms with E-state index in [9.17, 15) is 19.2 Å². The molecular formula is C26H25ClN4O5. The first-order valence-corrected chi connectivity index (χ1v) is 11.4. The SMILES string of the molecule is NC(=O)CC[C@H](NC(=O)c1ccc(Cl)cc1)C(=O)NNC(=O)c1ccc(COc2ccccc2)cc1. The number of carbonyl (C=O) groups excluding carboxylic acids is 4. The molecule has 36 heavy (non-hydrogen) atoms. The van der Waals surface area contributed by atoms with Crippen molar-refractivity contribution < 1.29 is 23.9 Å². The van der Waals surface area contributed by atoms with E-state index in [0.717, 1.165) is 11.3 Å². The molecule has 0 aliphatic heterocycles. The molecule has 3 aromatic rings. The number of primary amides is 1. The van der Waals surface area contributed by atoms with Crippen molar-refractivity contribution in [2.75, 3.05) is 0 Å². The van der Waals surface area contributed by atoms with Gasteiger partial charge in [-0.1, -0.05) is 41.9 Å². The van der Waals surface area contributed by atoms with E-state index in [2.05, 4.69) is 16.2 Å². The normalized spacial score (nSPS) is 11.1. The summed E-state index contributed by atoms with van der Waals surface area (Å²) in [6.07, 6.45) is -0.189. The third-order valence-corrected chi connectivity index (χ3v) is 5.32. The molecule has 0 unspecified atom stereocenters. The van der Waals surface area contributed by atoms with Gasteiger partial charge in [0.15, 0.2) is 0 Å². The van der Waals surface area contributed by atoms with E-state index in [4.69, 9.17) is 22.1 Å². The molecule has 3 aromatic carbocycles. The molecule has 9 nitrogen and oxygen atoms in total. The Morgan fingerprint density at radius 2 is 1.42 bits per heavy atom. The predicted octanol–water partition coefficient (Wildman–Crippen LogP) is 2.74. The van der Waals surface area contributed by atoms with E-state index in [-0.39, 0.29) is 18.4 Å². The minimum Gasteiger partial charge on any atom is -0.489 e. The van der Waals surface area contributed by atoms with E-state index in [1.54, 1.807) is 24.3 Å². The van der Waals surface area contributed by atoms with Crippen molar-refractivity contribution in [3.8, 4) is 5.75 Å². The van der Waals surface area contributed by atoms with Crippen LogP contribution in [0.1, 0.15) is 39.1 Å². The van der Waals surface area contributed by atoms with Crippen LogP contribution in [0, 0.1) is 0 Å². The van der Waals surface area contributed by atoms with Gasteiger partial charge < -0.3 is 15.8 Å². The molecule has 5 N–H and O–H groups in total. The zero-order chi connectivity index (χ0) is 25.9. The highest BCUT2D eigenvalue weighted by molar-refractivity contribution is 6.30. The van der Waals surface area contributed by atoms with E-state index >= 15 is 0 Å². The highest BCUT2D eigenvalue weighted by atomic mass is 35.5. The van der Waals surface area contributed by atoms with Gasteiger partial charge >= 0.3 is 0 Å². The number of nitrogens with one attached hydrogen (secondary N) is 3. The number of nitrogens with two attached hydrogens (primary N) is 1. The molecule has 0 aliphatic rings. The average Bonchev–Trinajstić information content (AvgIpc) is 2.89. The van der Waals surface area contributed by atoms with Crippen molar-refractivity contribution in [2.45, 2.75) is 25.5 Å². The van der Waals surface area contributed by atoms with Crippen LogP contribution >= 0.6 is 11.6 Å². The van der Waals surface area contributed by atoms with Gasteiger partial charge in [-0.05, 0) is 60.5 Å². The van der Waals surface area contributed by atoms with E-state index in [1.165, 1.54) is 24.3 Å². The average molecular weight is 509 g/mol. The second-order valence-electron chi connectivity index (χ2n) is 7.78. The Morgan fingerprint density at radius 1 is 0.806 bits per heavy atom. The van der Waals surface area contributed by atoms with Crippen molar-refractivity contribution in [2.24, 2.45) is 5.73 Å². The number of ether oxygens (including phenoxy) is 1. The summed E-state index contributed by atoms with van der Waals surface area (Å²) >= 11 is 5.83. The van der Waals surface area contributed by atoms with E-state index in [1.807, 2.05) is 30.3 Å². The molecule has 0 aliphatic carbocycles. The molecule has 10 heteroatoms. The Bertz CT molecular complexity index is 1200. The first-order valence-electron chi connectivity index (χ1n) is 11.0. The molecule has 1 atom stereocenters. The topological polar surface area (TPSA) is 140 Å². The molecule has 0 fully saturated rings. The number of amides is 4. The lowest BCUT2D eigenvalue weighted by Crippen LogP contribution is -2.52. The van der Waals surface area contributed by atoms with Crippen LogP contribution < -0.4 is 26.6 Å². The molecular weight excluding hydrogens is 484 g/mol. The lowest BCUT2D eigenvalue weighted by molar-refractivity contribution is -0.124. The summed E-state index contributed by atoms with van der Waals surface area (Å²) in [5.41, 5.74) is 11.2. The van der Waals surface area contributed by atoms with Crippen molar-refractivity contribution in [3.05, 3.63) is 101 Å². The molecule has 0 saturated heterocycles. The Morgan fingerprint density at radius 3 is 2.06 bits per heavy atom. The van der Waals surface area contributed by atoms with Gasteiger partial charge in [-0.25, -0.2) is 0 Å². The number of para-hydroxylation sites is 1. The maximum absolute atomic E-state index is 12.7. The fraction of sp³-hybridized carbons (Fsp3) is 0.154. The fourth-order valence-electron chi connectivity index (χ4n) is 3.11. The Kier molecular flexibility index (Phi) is 9.41. The highest BCUT2D eigenvalue weighted by Gasteiger charge is 2.23. The van der Waals surface area contributed by atoms with E-state index in [0.29, 0.717) is 17.2 Å². The summed E-state index contributed by atoms with van der Waals surface area (Å²) < 4.78 is 5.68. The van der Waals surface area contributed by atoms with Gasteiger partial charge in [0.1, 0.15) is 18.4 Å². The monoisotopic (exact) mass is 508 g/mol. The van der Waals surface area contributed by atoms with Gasteiger partial charge in [-0.15, -0.1) is 0 Å². The van der Waals surface area contributed by atoms with Crippen molar-refractivity contribution in [1.29, 1.82) is 0 Å². The zero-order valence-electron chi connectivity index (χ0n) is 19.2. The minimum atomic E-state index is -1.11. The standard InChI is InChI=1S/C26H25ClN4O5/c27-20-12-10-18(11-13-20)24(33)29-22(14-15-23(28)32)26(35)31-30-25(34)19-8-6-17(7-9-19)16-36-21-4-2-1-3-5-21/h1-13,22H,14-16H2,(H2,28,32)(H,29,33)(H,30,34)(H,31,35)/t22-/m0/s1. The van der Waals surface area contributed by atoms with Crippen LogP contribution in [0.5, 0.6) is 5.75 Å². The van der Waals surface area contributed by atoms with Crippen LogP contribution in [0.25, 0.3) is 0 Å². The number of hydrogen-bond donors (Lipinski definition) is 4. The molecule has 0 bridgehead atoms. The van der Waals surface area contributed by atoms with Gasteiger partial charge in [0.2, 0.25) is 5.91 Å². The molecule has 0 aromatic heterocycles. The Labute approximate surface area is 212 Å². The summed E-state index contributed by atoms with van der Waals surface area (Å²) in [6, 6.07) is 21.0. The summed E-state index contributed by atoms with van der Waals surface area (Å²) in [5.74, 6) is -1.71. The maximum atomic E-state index is 12.7. The van der Waals surface area contributed by atoms with Crippen LogP contribution in [-0.2, 0) is 16.2 Å². The molecule has 0 spiro atoms. The van der Waals surface area contributed by atoms with Crippen molar-refractivity contribution >= 4 is 35.2 Å². The van der Waals surface area contributed by atoms with Crippen molar-refractivity contribution in [3.63, 3.8) is 0 Å². The summed E-state index contributed by atoms with van der Waals surface area (Å²) in [5, 5.41) is 2.99. The van der Waals surface area contributed by atoms with E-state index < -0.39 is 29.7 Å². The zero-order valence-corrected chi connectivity index (χ0v) is 20.0. The van der Waals surface area contributed by atoms with Crippen molar-refractivity contribution in [1.82, 2.24) is 16.2 Å². The lowest BCUT2D eigenvalue weighted by atomic mass is 10.1. The number of hydrogen-bond acceptors (Lipinski definition) is 5. The molecule has 0 heterocycles. The number of hydrazine groups is 1. The van der Waals surface area contributed by atoms with Gasteiger partial charge in [0.25, 0.3) is 17.7 Å². The predicted molar refractivity (Wildman–Crippen MR) is 134 cm³/mol. The Hall–Kier alpha value is -4.37. The second kappa shape index (κ2) is 12.9. The van der Waals surface area contributed by atoms with Crippen LogP contribution in [0.4, 0.5) is 0 Å². The fourth-order valence-corrected chi connectivity index (χ4v) is 3.24.